The number of rotatable bonds is 5. The predicted octanol–water partition coefficient (Wildman–Crippen LogP) is 0.444. The lowest BCUT2D eigenvalue weighted by molar-refractivity contribution is -0.124. The van der Waals surface area contributed by atoms with Crippen LogP contribution < -0.4 is 5.32 Å². The van der Waals surface area contributed by atoms with Crippen LogP contribution >= 0.6 is 0 Å². The first-order chi connectivity index (χ1) is 10.1. The highest BCUT2D eigenvalue weighted by Crippen LogP contribution is 2.37. The van der Waals surface area contributed by atoms with Crippen LogP contribution in [-0.4, -0.2) is 51.4 Å². The quantitative estimate of drug-likeness (QED) is 0.826. The Morgan fingerprint density at radius 2 is 2.19 bits per heavy atom. The van der Waals surface area contributed by atoms with E-state index < -0.39 is 0 Å². The SMILES string of the molecule is Cn1cc([C@@H](NC(=O)CN2CCCC2)C2CC(O)C2)cn1. The maximum Gasteiger partial charge on any atom is 0.234 e. The van der Waals surface area contributed by atoms with E-state index in [1.54, 1.807) is 4.68 Å². The van der Waals surface area contributed by atoms with E-state index in [0.717, 1.165) is 31.5 Å². The summed E-state index contributed by atoms with van der Waals surface area (Å²) in [5.74, 6) is 0.388. The first kappa shape index (κ1) is 14.5. The van der Waals surface area contributed by atoms with Gasteiger partial charge in [0.25, 0.3) is 0 Å². The summed E-state index contributed by atoms with van der Waals surface area (Å²) >= 11 is 0. The van der Waals surface area contributed by atoms with Gasteiger partial charge in [-0.05, 0) is 44.7 Å². The molecule has 0 aromatic carbocycles. The molecule has 1 aliphatic carbocycles. The molecule has 6 heteroatoms. The third-order valence-corrected chi connectivity index (χ3v) is 4.59. The summed E-state index contributed by atoms with van der Waals surface area (Å²) in [6.45, 7) is 2.52. The van der Waals surface area contributed by atoms with Gasteiger partial charge in [0.1, 0.15) is 0 Å². The molecule has 0 unspecified atom stereocenters. The van der Waals surface area contributed by atoms with E-state index in [1.165, 1.54) is 12.8 Å². The number of nitrogens with one attached hydrogen (secondary N) is 1. The van der Waals surface area contributed by atoms with E-state index in [0.29, 0.717) is 12.5 Å². The molecule has 2 N–H and O–H groups in total. The average molecular weight is 292 g/mol. The van der Waals surface area contributed by atoms with Crippen LogP contribution in [0.25, 0.3) is 0 Å². The lowest BCUT2D eigenvalue weighted by Gasteiger charge is -2.37. The maximum atomic E-state index is 12.3. The summed E-state index contributed by atoms with van der Waals surface area (Å²) in [6.07, 6.45) is 7.43. The molecule has 0 spiro atoms. The molecule has 1 aromatic heterocycles. The number of aryl methyl sites for hydroxylation is 1. The van der Waals surface area contributed by atoms with Gasteiger partial charge in [-0.15, -0.1) is 0 Å². The minimum absolute atomic E-state index is 0.0304. The second-order valence-corrected chi connectivity index (χ2v) is 6.36. The third kappa shape index (κ3) is 3.44. The fraction of sp³-hybridized carbons (Fsp3) is 0.733. The van der Waals surface area contributed by atoms with Crippen molar-refractivity contribution in [1.82, 2.24) is 20.0 Å². The molecule has 2 fully saturated rings. The molecule has 1 aliphatic heterocycles. The number of hydrogen-bond donors (Lipinski definition) is 2. The molecule has 1 atom stereocenters. The summed E-state index contributed by atoms with van der Waals surface area (Å²) in [5, 5.41) is 16.9. The Kier molecular flexibility index (Phi) is 4.26. The van der Waals surface area contributed by atoms with Crippen LogP contribution in [0.4, 0.5) is 0 Å². The number of hydrogen-bond acceptors (Lipinski definition) is 4. The Bertz CT molecular complexity index is 490. The van der Waals surface area contributed by atoms with E-state index >= 15 is 0 Å². The highest BCUT2D eigenvalue weighted by atomic mass is 16.3. The second-order valence-electron chi connectivity index (χ2n) is 6.36. The van der Waals surface area contributed by atoms with Crippen molar-refractivity contribution in [2.45, 2.75) is 37.8 Å². The Morgan fingerprint density at radius 1 is 1.48 bits per heavy atom. The molecule has 2 heterocycles. The summed E-state index contributed by atoms with van der Waals surface area (Å²) < 4.78 is 1.75. The van der Waals surface area contributed by atoms with E-state index in [-0.39, 0.29) is 18.1 Å². The number of nitrogens with zero attached hydrogens (tertiary/aromatic N) is 3. The van der Waals surface area contributed by atoms with E-state index in [4.69, 9.17) is 0 Å². The number of aromatic nitrogens is 2. The Hall–Kier alpha value is -1.40. The third-order valence-electron chi connectivity index (χ3n) is 4.59. The molecule has 6 nitrogen and oxygen atoms in total. The topological polar surface area (TPSA) is 70.4 Å². The summed E-state index contributed by atoms with van der Waals surface area (Å²) in [4.78, 5) is 14.5. The minimum atomic E-state index is -0.218. The smallest absolute Gasteiger partial charge is 0.234 e. The first-order valence-electron chi connectivity index (χ1n) is 7.80. The van der Waals surface area contributed by atoms with Crippen molar-refractivity contribution in [3.05, 3.63) is 18.0 Å². The van der Waals surface area contributed by atoms with Gasteiger partial charge in [0.15, 0.2) is 0 Å². The summed E-state index contributed by atoms with van der Waals surface area (Å²) in [7, 11) is 1.88. The van der Waals surface area contributed by atoms with E-state index in [9.17, 15) is 9.90 Å². The average Bonchev–Trinajstić information content (AvgIpc) is 3.04. The number of carbonyl (C=O) groups excluding carboxylic acids is 1. The van der Waals surface area contributed by atoms with Crippen molar-refractivity contribution < 1.29 is 9.90 Å². The normalized spacial score (nSPS) is 27.3. The number of likely N-dealkylation sites (tertiary alicyclic amines) is 1. The molecular weight excluding hydrogens is 268 g/mol. The van der Waals surface area contributed by atoms with Crippen LogP contribution in [0.3, 0.4) is 0 Å². The number of carbonyl (C=O) groups is 1. The number of amides is 1. The van der Waals surface area contributed by atoms with Crippen LogP contribution in [0.15, 0.2) is 12.4 Å². The molecule has 2 aliphatic rings. The van der Waals surface area contributed by atoms with Crippen LogP contribution in [0.2, 0.25) is 0 Å². The minimum Gasteiger partial charge on any atom is -0.393 e. The predicted molar refractivity (Wildman–Crippen MR) is 78.5 cm³/mol. The monoisotopic (exact) mass is 292 g/mol. The highest BCUT2D eigenvalue weighted by molar-refractivity contribution is 5.78. The summed E-state index contributed by atoms with van der Waals surface area (Å²) in [5.41, 5.74) is 1.03. The van der Waals surface area contributed by atoms with Gasteiger partial charge in [0, 0.05) is 18.8 Å². The van der Waals surface area contributed by atoms with Gasteiger partial charge >= 0.3 is 0 Å². The molecule has 1 aromatic rings. The Morgan fingerprint density at radius 3 is 2.76 bits per heavy atom. The molecule has 1 saturated heterocycles. The van der Waals surface area contributed by atoms with Crippen LogP contribution in [0.1, 0.15) is 37.3 Å². The molecule has 0 bridgehead atoms. The zero-order valence-corrected chi connectivity index (χ0v) is 12.5. The van der Waals surface area contributed by atoms with Gasteiger partial charge in [-0.25, -0.2) is 0 Å². The van der Waals surface area contributed by atoms with Crippen LogP contribution in [0.5, 0.6) is 0 Å². The van der Waals surface area contributed by atoms with Crippen LogP contribution in [0, 0.1) is 5.92 Å². The zero-order chi connectivity index (χ0) is 14.8. The van der Waals surface area contributed by atoms with Crippen molar-refractivity contribution in [3.8, 4) is 0 Å². The highest BCUT2D eigenvalue weighted by Gasteiger charge is 2.36. The molecule has 3 rings (SSSR count). The van der Waals surface area contributed by atoms with Crippen molar-refractivity contribution >= 4 is 5.91 Å². The molecule has 0 radical (unpaired) electrons. The van der Waals surface area contributed by atoms with Gasteiger partial charge < -0.3 is 10.4 Å². The maximum absolute atomic E-state index is 12.3. The van der Waals surface area contributed by atoms with Gasteiger partial charge in [0.2, 0.25) is 5.91 Å². The second kappa shape index (κ2) is 6.15. The summed E-state index contributed by atoms with van der Waals surface area (Å²) in [6, 6.07) is -0.0304. The number of aliphatic hydroxyl groups is 1. The van der Waals surface area contributed by atoms with Crippen molar-refractivity contribution in [3.63, 3.8) is 0 Å². The van der Waals surface area contributed by atoms with Gasteiger partial charge in [0.05, 0.1) is 24.9 Å². The fourth-order valence-corrected chi connectivity index (χ4v) is 3.34. The van der Waals surface area contributed by atoms with Gasteiger partial charge in [-0.2, -0.15) is 5.10 Å². The molecule has 21 heavy (non-hydrogen) atoms. The lowest BCUT2D eigenvalue weighted by atomic mass is 9.75. The van der Waals surface area contributed by atoms with Crippen molar-refractivity contribution in [2.75, 3.05) is 19.6 Å². The van der Waals surface area contributed by atoms with Crippen molar-refractivity contribution in [2.24, 2.45) is 13.0 Å². The first-order valence-corrected chi connectivity index (χ1v) is 7.80. The molecular formula is C15H24N4O2. The number of aliphatic hydroxyl groups excluding tert-OH is 1. The largest absolute Gasteiger partial charge is 0.393 e. The zero-order valence-electron chi connectivity index (χ0n) is 12.5. The lowest BCUT2D eigenvalue weighted by Crippen LogP contribution is -2.44. The molecule has 1 amide bonds. The van der Waals surface area contributed by atoms with Gasteiger partial charge in [-0.1, -0.05) is 0 Å². The standard InChI is InChI=1S/C15H24N4O2/c1-18-9-12(8-16-18)15(11-6-13(20)7-11)17-14(21)10-19-4-2-3-5-19/h8-9,11,13,15,20H,2-7,10H2,1H3,(H,17,21)/t11?,13?,15-/m0/s1. The van der Waals surface area contributed by atoms with Gasteiger partial charge in [-0.3, -0.25) is 14.4 Å². The van der Waals surface area contributed by atoms with Crippen LogP contribution in [-0.2, 0) is 11.8 Å². The fourth-order valence-electron chi connectivity index (χ4n) is 3.34. The van der Waals surface area contributed by atoms with E-state index in [1.807, 2.05) is 19.4 Å². The van der Waals surface area contributed by atoms with E-state index in [2.05, 4.69) is 15.3 Å². The molecule has 1 saturated carbocycles. The Labute approximate surface area is 125 Å². The molecule has 116 valence electrons. The van der Waals surface area contributed by atoms with Crippen molar-refractivity contribution in [1.29, 1.82) is 0 Å². The Balaban J connectivity index is 1.62.